The molecular formula is C22H22ClNO2. The lowest BCUT2D eigenvalue weighted by Gasteiger charge is -2.15. The lowest BCUT2D eigenvalue weighted by Crippen LogP contribution is -2.21. The number of hydrogen-bond acceptors (Lipinski definition) is 3. The zero-order valence-corrected chi connectivity index (χ0v) is 15.2. The fourth-order valence-corrected chi connectivity index (χ4v) is 2.79. The summed E-state index contributed by atoms with van der Waals surface area (Å²) in [7, 11) is 0. The van der Waals surface area contributed by atoms with Crippen molar-refractivity contribution in [2.75, 3.05) is 6.54 Å². The van der Waals surface area contributed by atoms with Gasteiger partial charge in [0, 0.05) is 23.7 Å². The molecule has 0 radical (unpaired) electrons. The van der Waals surface area contributed by atoms with Gasteiger partial charge in [-0.15, -0.1) is 0 Å². The Morgan fingerprint density at radius 1 is 0.885 bits per heavy atom. The number of nitrogens with one attached hydrogen (secondary N) is 1. The second-order valence-corrected chi connectivity index (χ2v) is 6.52. The van der Waals surface area contributed by atoms with Crippen LogP contribution >= 0.6 is 11.6 Å². The molecule has 0 heterocycles. The molecule has 2 N–H and O–H groups in total. The highest BCUT2D eigenvalue weighted by molar-refractivity contribution is 6.30. The van der Waals surface area contributed by atoms with E-state index in [0.29, 0.717) is 19.7 Å². The van der Waals surface area contributed by atoms with Crippen molar-refractivity contribution in [3.05, 3.63) is 101 Å². The number of hydrogen-bond donors (Lipinski definition) is 2. The summed E-state index contributed by atoms with van der Waals surface area (Å²) >= 11 is 5.91. The number of ether oxygens (including phenoxy) is 1. The van der Waals surface area contributed by atoms with Crippen LogP contribution in [0.2, 0.25) is 5.02 Å². The van der Waals surface area contributed by atoms with E-state index in [1.54, 1.807) is 0 Å². The van der Waals surface area contributed by atoms with E-state index in [1.165, 1.54) is 0 Å². The molecule has 0 saturated heterocycles. The van der Waals surface area contributed by atoms with Crippen LogP contribution in [-0.2, 0) is 13.2 Å². The minimum absolute atomic E-state index is 0.482. The van der Waals surface area contributed by atoms with Crippen molar-refractivity contribution in [2.45, 2.75) is 19.3 Å². The summed E-state index contributed by atoms with van der Waals surface area (Å²) < 4.78 is 5.96. The van der Waals surface area contributed by atoms with Crippen molar-refractivity contribution in [2.24, 2.45) is 0 Å². The highest BCUT2D eigenvalue weighted by atomic mass is 35.5. The van der Waals surface area contributed by atoms with Gasteiger partial charge in [0.05, 0.1) is 6.10 Å². The van der Waals surface area contributed by atoms with Crippen LogP contribution in [-0.4, -0.2) is 11.7 Å². The second kappa shape index (κ2) is 9.39. The molecule has 4 heteroatoms. The second-order valence-electron chi connectivity index (χ2n) is 6.08. The van der Waals surface area contributed by atoms with Crippen LogP contribution in [0, 0.1) is 0 Å². The van der Waals surface area contributed by atoms with Gasteiger partial charge in [0.25, 0.3) is 0 Å². The average Bonchev–Trinajstić information content (AvgIpc) is 2.69. The zero-order chi connectivity index (χ0) is 18.2. The molecular weight excluding hydrogens is 346 g/mol. The Kier molecular flexibility index (Phi) is 6.67. The topological polar surface area (TPSA) is 41.5 Å². The Morgan fingerprint density at radius 3 is 2.35 bits per heavy atom. The van der Waals surface area contributed by atoms with E-state index in [2.05, 4.69) is 5.32 Å². The molecule has 134 valence electrons. The molecule has 0 fully saturated rings. The van der Waals surface area contributed by atoms with Crippen molar-refractivity contribution in [1.82, 2.24) is 5.32 Å². The van der Waals surface area contributed by atoms with Crippen LogP contribution in [0.25, 0.3) is 0 Å². The summed E-state index contributed by atoms with van der Waals surface area (Å²) in [5.74, 6) is 0.837. The van der Waals surface area contributed by atoms with Crippen LogP contribution in [0.15, 0.2) is 78.9 Å². The van der Waals surface area contributed by atoms with Crippen molar-refractivity contribution in [1.29, 1.82) is 0 Å². The SMILES string of the molecule is OC(CNCc1ccccc1OCc1ccc(Cl)cc1)c1ccccc1. The lowest BCUT2D eigenvalue weighted by molar-refractivity contribution is 0.174. The van der Waals surface area contributed by atoms with Gasteiger partial charge < -0.3 is 15.2 Å². The van der Waals surface area contributed by atoms with Gasteiger partial charge in [0.1, 0.15) is 12.4 Å². The monoisotopic (exact) mass is 367 g/mol. The summed E-state index contributed by atoms with van der Waals surface area (Å²) in [5.41, 5.74) is 3.03. The third-order valence-electron chi connectivity index (χ3n) is 4.12. The van der Waals surface area contributed by atoms with Gasteiger partial charge in [-0.25, -0.2) is 0 Å². The Balaban J connectivity index is 1.54. The molecule has 0 aliphatic heterocycles. The molecule has 0 aromatic heterocycles. The quantitative estimate of drug-likeness (QED) is 0.604. The summed E-state index contributed by atoms with van der Waals surface area (Å²) in [5, 5.41) is 14.3. The van der Waals surface area contributed by atoms with Gasteiger partial charge in [-0.3, -0.25) is 0 Å². The molecule has 3 aromatic rings. The van der Waals surface area contributed by atoms with Gasteiger partial charge in [0.15, 0.2) is 0 Å². The maximum Gasteiger partial charge on any atom is 0.124 e. The predicted octanol–water partition coefficient (Wildman–Crippen LogP) is 4.74. The number of halogens is 1. The summed E-state index contributed by atoms with van der Waals surface area (Å²) in [6.45, 7) is 1.59. The fourth-order valence-electron chi connectivity index (χ4n) is 2.67. The largest absolute Gasteiger partial charge is 0.489 e. The molecule has 3 aromatic carbocycles. The predicted molar refractivity (Wildman–Crippen MR) is 105 cm³/mol. The van der Waals surface area contributed by atoms with Gasteiger partial charge in [-0.2, -0.15) is 0 Å². The normalized spacial score (nSPS) is 11.9. The standard InChI is InChI=1S/C22H22ClNO2/c23-20-12-10-17(11-13-20)16-26-22-9-5-4-8-19(22)14-24-15-21(25)18-6-2-1-3-7-18/h1-13,21,24-25H,14-16H2. The lowest BCUT2D eigenvalue weighted by atomic mass is 10.1. The maximum atomic E-state index is 10.2. The third-order valence-corrected chi connectivity index (χ3v) is 4.37. The first-order valence-corrected chi connectivity index (χ1v) is 8.99. The van der Waals surface area contributed by atoms with Crippen LogP contribution in [0.1, 0.15) is 22.8 Å². The summed E-state index contributed by atoms with van der Waals surface area (Å²) in [6.07, 6.45) is -0.529. The molecule has 3 nitrogen and oxygen atoms in total. The van der Waals surface area contributed by atoms with E-state index >= 15 is 0 Å². The van der Waals surface area contributed by atoms with Crippen LogP contribution in [0.5, 0.6) is 5.75 Å². The number of benzene rings is 3. The molecule has 0 aliphatic carbocycles. The van der Waals surface area contributed by atoms with Crippen molar-refractivity contribution < 1.29 is 9.84 Å². The van der Waals surface area contributed by atoms with Gasteiger partial charge >= 0.3 is 0 Å². The van der Waals surface area contributed by atoms with Gasteiger partial charge in [-0.1, -0.05) is 72.3 Å². The fraction of sp³-hybridized carbons (Fsp3) is 0.182. The van der Waals surface area contributed by atoms with E-state index in [-0.39, 0.29) is 0 Å². The van der Waals surface area contributed by atoms with Crippen molar-refractivity contribution in [3.63, 3.8) is 0 Å². The average molecular weight is 368 g/mol. The molecule has 0 amide bonds. The first-order valence-electron chi connectivity index (χ1n) is 8.61. The highest BCUT2D eigenvalue weighted by Gasteiger charge is 2.08. The Labute approximate surface area is 159 Å². The zero-order valence-electron chi connectivity index (χ0n) is 14.4. The summed E-state index contributed by atoms with van der Waals surface area (Å²) in [4.78, 5) is 0. The molecule has 0 spiro atoms. The van der Waals surface area contributed by atoms with E-state index in [1.807, 2.05) is 78.9 Å². The van der Waals surface area contributed by atoms with Crippen molar-refractivity contribution >= 4 is 11.6 Å². The van der Waals surface area contributed by atoms with Crippen LogP contribution < -0.4 is 10.1 Å². The van der Waals surface area contributed by atoms with Crippen LogP contribution in [0.3, 0.4) is 0 Å². The number of para-hydroxylation sites is 1. The van der Waals surface area contributed by atoms with Gasteiger partial charge in [-0.05, 0) is 29.3 Å². The maximum absolute atomic E-state index is 10.2. The molecule has 0 bridgehead atoms. The van der Waals surface area contributed by atoms with E-state index < -0.39 is 6.10 Å². The minimum atomic E-state index is -0.529. The molecule has 0 aliphatic rings. The summed E-state index contributed by atoms with van der Waals surface area (Å²) in [6, 6.07) is 25.2. The highest BCUT2D eigenvalue weighted by Crippen LogP contribution is 2.20. The molecule has 1 atom stereocenters. The smallest absolute Gasteiger partial charge is 0.124 e. The van der Waals surface area contributed by atoms with Gasteiger partial charge in [0.2, 0.25) is 0 Å². The number of aliphatic hydroxyl groups is 1. The van der Waals surface area contributed by atoms with E-state index in [4.69, 9.17) is 16.3 Å². The molecule has 26 heavy (non-hydrogen) atoms. The third kappa shape index (κ3) is 5.33. The Morgan fingerprint density at radius 2 is 1.58 bits per heavy atom. The molecule has 1 unspecified atom stereocenters. The van der Waals surface area contributed by atoms with Crippen molar-refractivity contribution in [3.8, 4) is 5.75 Å². The molecule has 0 saturated carbocycles. The minimum Gasteiger partial charge on any atom is -0.489 e. The van der Waals surface area contributed by atoms with E-state index in [9.17, 15) is 5.11 Å². The Hall–Kier alpha value is -2.33. The first kappa shape index (κ1) is 18.5. The first-order chi connectivity index (χ1) is 12.7. The number of rotatable bonds is 8. The number of aliphatic hydroxyl groups excluding tert-OH is 1. The Bertz CT molecular complexity index is 806. The molecule has 3 rings (SSSR count). The van der Waals surface area contributed by atoms with Crippen LogP contribution in [0.4, 0.5) is 0 Å². The van der Waals surface area contributed by atoms with E-state index in [0.717, 1.165) is 27.5 Å².